The van der Waals surface area contributed by atoms with Gasteiger partial charge in [-0.05, 0) is 84.3 Å². The topological polar surface area (TPSA) is 96.0 Å². The van der Waals surface area contributed by atoms with E-state index < -0.39 is 22.5 Å². The molecule has 11 heteroatoms. The Kier molecular flexibility index (Phi) is 8.98. The van der Waals surface area contributed by atoms with E-state index in [1.165, 1.54) is 12.1 Å². The Hall–Kier alpha value is -3.70. The number of sulfonamides is 1. The Labute approximate surface area is 258 Å². The van der Waals surface area contributed by atoms with Crippen molar-refractivity contribution in [3.63, 3.8) is 0 Å². The number of hydrogen-bond donors (Lipinski definition) is 1. The number of benzene rings is 4. The number of halogens is 2. The Morgan fingerprint density at radius 3 is 2.40 bits per heavy atom. The van der Waals surface area contributed by atoms with Crippen LogP contribution in [0.4, 0.5) is 11.4 Å². The molecule has 0 radical (unpaired) electrons. The van der Waals surface area contributed by atoms with Crippen LogP contribution in [-0.4, -0.2) is 44.7 Å². The Morgan fingerprint density at radius 1 is 1.00 bits per heavy atom. The smallest absolute Gasteiger partial charge is 0.258 e. The van der Waals surface area contributed by atoms with Crippen LogP contribution in [0, 0.1) is 0 Å². The predicted molar refractivity (Wildman–Crippen MR) is 167 cm³/mol. The summed E-state index contributed by atoms with van der Waals surface area (Å²) in [5.41, 5.74) is 3.22. The van der Waals surface area contributed by atoms with E-state index in [2.05, 4.69) is 21.2 Å². The van der Waals surface area contributed by atoms with Gasteiger partial charge in [0.25, 0.3) is 5.91 Å². The minimum atomic E-state index is -4.05. The average Bonchev–Trinajstić information content (AvgIpc) is 3.41. The van der Waals surface area contributed by atoms with Gasteiger partial charge in [-0.1, -0.05) is 51.8 Å². The lowest BCUT2D eigenvalue weighted by Crippen LogP contribution is -2.37. The summed E-state index contributed by atoms with van der Waals surface area (Å²) in [5.74, 6) is -0.0378. The molecule has 8 nitrogen and oxygen atoms in total. The van der Waals surface area contributed by atoms with Gasteiger partial charge < -0.3 is 15.0 Å². The molecule has 0 spiro atoms. The zero-order valence-electron chi connectivity index (χ0n) is 22.6. The number of hydrogen-bond acceptors (Lipinski definition) is 5. The van der Waals surface area contributed by atoms with Gasteiger partial charge in [-0.25, -0.2) is 8.42 Å². The van der Waals surface area contributed by atoms with Crippen LogP contribution < -0.4 is 15.0 Å². The summed E-state index contributed by atoms with van der Waals surface area (Å²) in [6, 6.07) is 25.4. The van der Waals surface area contributed by atoms with Crippen LogP contribution in [0.15, 0.2) is 100 Å². The van der Waals surface area contributed by atoms with Gasteiger partial charge in [-0.3, -0.25) is 9.59 Å². The number of carbonyl (C=O) groups is 2. The van der Waals surface area contributed by atoms with Gasteiger partial charge in [-0.15, -0.1) is 0 Å². The number of anilines is 2. The molecule has 1 N–H and O–H groups in total. The maximum atomic E-state index is 13.6. The summed E-state index contributed by atoms with van der Waals surface area (Å²) in [7, 11) is -2.49. The number of nitrogens with one attached hydrogen (secondary N) is 1. The molecule has 2 amide bonds. The minimum Gasteiger partial charge on any atom is -0.497 e. The third-order valence-electron chi connectivity index (χ3n) is 6.92. The van der Waals surface area contributed by atoms with Gasteiger partial charge in [0.15, 0.2) is 0 Å². The highest BCUT2D eigenvalue weighted by Crippen LogP contribution is 2.32. The van der Waals surface area contributed by atoms with Crippen molar-refractivity contribution in [3.8, 4) is 5.75 Å². The first-order chi connectivity index (χ1) is 20.2. The molecule has 42 heavy (non-hydrogen) atoms. The molecular weight excluding hydrogens is 642 g/mol. The molecule has 216 valence electrons. The van der Waals surface area contributed by atoms with Gasteiger partial charge in [-0.2, -0.15) is 4.31 Å². The molecule has 1 aliphatic rings. The summed E-state index contributed by atoms with van der Waals surface area (Å²) in [6.07, 6.45) is 0.683. The number of fused-ring (bicyclic) bond motifs is 1. The van der Waals surface area contributed by atoms with Crippen LogP contribution in [-0.2, 0) is 27.8 Å². The molecule has 0 aliphatic carbocycles. The number of rotatable bonds is 9. The lowest BCUT2D eigenvalue weighted by atomic mass is 10.1. The summed E-state index contributed by atoms with van der Waals surface area (Å²) in [4.78, 5) is 28.3. The second-order valence-electron chi connectivity index (χ2n) is 9.65. The van der Waals surface area contributed by atoms with Crippen LogP contribution >= 0.6 is 27.5 Å². The van der Waals surface area contributed by atoms with Gasteiger partial charge >= 0.3 is 0 Å². The van der Waals surface area contributed by atoms with Crippen molar-refractivity contribution in [1.29, 1.82) is 0 Å². The summed E-state index contributed by atoms with van der Waals surface area (Å²) in [6.45, 7) is -0.0380. The van der Waals surface area contributed by atoms with E-state index in [1.807, 2.05) is 6.07 Å². The standard InChI is InChI=1S/C31H27BrClN3O5S/c1-41-26-12-7-22(8-13-26)31(38)36-17-16-21-6-11-25(18-29(21)36)34-30(37)20-35(19-23-4-2-3-5-28(23)33)42(39,40)27-14-9-24(32)10-15-27/h2-15,18H,16-17,19-20H2,1H3,(H,34,37). The SMILES string of the molecule is COc1ccc(C(=O)N2CCc3ccc(NC(=O)CN(Cc4ccccc4Cl)S(=O)(=O)c4ccc(Br)cc4)cc32)cc1. The van der Waals surface area contributed by atoms with E-state index in [-0.39, 0.29) is 17.3 Å². The fraction of sp³-hybridized carbons (Fsp3) is 0.161. The van der Waals surface area contributed by atoms with Crippen LogP contribution in [0.2, 0.25) is 5.02 Å². The fourth-order valence-corrected chi connectivity index (χ4v) is 6.55. The first-order valence-electron chi connectivity index (χ1n) is 13.0. The molecule has 4 aromatic carbocycles. The van der Waals surface area contributed by atoms with E-state index in [4.69, 9.17) is 16.3 Å². The van der Waals surface area contributed by atoms with E-state index in [0.29, 0.717) is 46.2 Å². The van der Waals surface area contributed by atoms with Crippen molar-refractivity contribution < 1.29 is 22.7 Å². The van der Waals surface area contributed by atoms with Gasteiger partial charge in [0.05, 0.1) is 18.6 Å². The molecule has 0 fully saturated rings. The van der Waals surface area contributed by atoms with Crippen molar-refractivity contribution >= 4 is 60.7 Å². The normalized spacial score (nSPS) is 12.7. The number of amides is 2. The summed E-state index contributed by atoms with van der Waals surface area (Å²) >= 11 is 9.66. The Bertz CT molecular complexity index is 1730. The largest absolute Gasteiger partial charge is 0.497 e. The second-order valence-corrected chi connectivity index (χ2v) is 12.9. The zero-order chi connectivity index (χ0) is 29.9. The molecule has 0 unspecified atom stereocenters. The first-order valence-corrected chi connectivity index (χ1v) is 15.6. The number of carbonyl (C=O) groups excluding carboxylic acids is 2. The van der Waals surface area contributed by atoms with E-state index in [0.717, 1.165) is 14.3 Å². The Morgan fingerprint density at radius 2 is 1.71 bits per heavy atom. The lowest BCUT2D eigenvalue weighted by molar-refractivity contribution is -0.116. The monoisotopic (exact) mass is 667 g/mol. The second kappa shape index (κ2) is 12.7. The maximum absolute atomic E-state index is 13.6. The zero-order valence-corrected chi connectivity index (χ0v) is 25.7. The minimum absolute atomic E-state index is 0.0516. The first kappa shape index (κ1) is 29.8. The molecule has 5 rings (SSSR count). The molecule has 0 atom stereocenters. The molecule has 0 aromatic heterocycles. The van der Waals surface area contributed by atoms with Crippen LogP contribution in [0.5, 0.6) is 5.75 Å². The van der Waals surface area contributed by atoms with Crippen molar-refractivity contribution in [2.75, 3.05) is 30.4 Å². The number of nitrogens with zero attached hydrogens (tertiary/aromatic N) is 2. The third-order valence-corrected chi connectivity index (χ3v) is 9.63. The van der Waals surface area contributed by atoms with Gasteiger partial charge in [0.2, 0.25) is 15.9 Å². The van der Waals surface area contributed by atoms with Crippen LogP contribution in [0.25, 0.3) is 0 Å². The maximum Gasteiger partial charge on any atom is 0.258 e. The predicted octanol–water partition coefficient (Wildman–Crippen LogP) is 6.14. The molecule has 1 aliphatic heterocycles. The average molecular weight is 669 g/mol. The third kappa shape index (κ3) is 6.52. The number of ether oxygens (including phenoxy) is 1. The Balaban J connectivity index is 1.36. The molecule has 0 bridgehead atoms. The van der Waals surface area contributed by atoms with Crippen LogP contribution in [0.1, 0.15) is 21.5 Å². The lowest BCUT2D eigenvalue weighted by Gasteiger charge is -2.23. The highest BCUT2D eigenvalue weighted by molar-refractivity contribution is 9.10. The number of methoxy groups -OCH3 is 1. The molecule has 4 aromatic rings. The van der Waals surface area contributed by atoms with Crippen molar-refractivity contribution in [2.24, 2.45) is 0 Å². The van der Waals surface area contributed by atoms with E-state index >= 15 is 0 Å². The van der Waals surface area contributed by atoms with Crippen molar-refractivity contribution in [3.05, 3.63) is 117 Å². The van der Waals surface area contributed by atoms with Gasteiger partial charge in [0, 0.05) is 39.5 Å². The molecular formula is C31H27BrClN3O5S. The van der Waals surface area contributed by atoms with Crippen LogP contribution in [0.3, 0.4) is 0 Å². The van der Waals surface area contributed by atoms with Crippen molar-refractivity contribution in [1.82, 2.24) is 4.31 Å². The van der Waals surface area contributed by atoms with E-state index in [9.17, 15) is 18.0 Å². The summed E-state index contributed by atoms with van der Waals surface area (Å²) in [5, 5.41) is 3.21. The highest BCUT2D eigenvalue weighted by atomic mass is 79.9. The quantitative estimate of drug-likeness (QED) is 0.231. The van der Waals surface area contributed by atoms with Crippen molar-refractivity contribution in [2.45, 2.75) is 17.9 Å². The van der Waals surface area contributed by atoms with E-state index in [1.54, 1.807) is 84.8 Å². The summed E-state index contributed by atoms with van der Waals surface area (Å²) < 4.78 is 34.3. The molecule has 0 saturated heterocycles. The molecule has 1 heterocycles. The highest BCUT2D eigenvalue weighted by Gasteiger charge is 2.29. The molecule has 0 saturated carbocycles. The van der Waals surface area contributed by atoms with Gasteiger partial charge in [0.1, 0.15) is 5.75 Å². The fourth-order valence-electron chi connectivity index (χ4n) is 4.72.